The number of nitrogens with one attached hydrogen (secondary N) is 1. The van der Waals surface area contributed by atoms with E-state index in [-0.39, 0.29) is 11.7 Å². The Bertz CT molecular complexity index is 577. The van der Waals surface area contributed by atoms with E-state index in [0.717, 1.165) is 5.56 Å². The maximum Gasteiger partial charge on any atom is 0.254 e. The Labute approximate surface area is 104 Å². The summed E-state index contributed by atoms with van der Waals surface area (Å²) in [5.41, 5.74) is 1.82. The van der Waals surface area contributed by atoms with Crippen molar-refractivity contribution in [1.82, 2.24) is 15.1 Å². The molecule has 0 aliphatic carbocycles. The third-order valence-corrected chi connectivity index (χ3v) is 2.66. The van der Waals surface area contributed by atoms with E-state index in [4.69, 9.17) is 0 Å². The lowest BCUT2D eigenvalue weighted by atomic mass is 10.1. The molecule has 0 radical (unpaired) electrons. The first-order valence-electron chi connectivity index (χ1n) is 5.58. The van der Waals surface area contributed by atoms with Gasteiger partial charge in [0.1, 0.15) is 5.82 Å². The average Bonchev–Trinajstić information content (AvgIpc) is 2.77. The van der Waals surface area contributed by atoms with Gasteiger partial charge < -0.3 is 5.32 Å². The number of carbonyl (C=O) groups excluding carboxylic acids is 1. The molecule has 1 heterocycles. The number of halogens is 1. The summed E-state index contributed by atoms with van der Waals surface area (Å²) in [5.74, 6) is -0.479. The molecular formula is C13H14FN3O. The Kier molecular flexibility index (Phi) is 3.41. The molecule has 0 bridgehead atoms. The van der Waals surface area contributed by atoms with Crippen LogP contribution in [0, 0.1) is 12.7 Å². The molecule has 0 unspecified atom stereocenters. The summed E-state index contributed by atoms with van der Waals surface area (Å²) in [6.07, 6.45) is 3.12. The van der Waals surface area contributed by atoms with Crippen molar-refractivity contribution in [1.29, 1.82) is 0 Å². The van der Waals surface area contributed by atoms with Gasteiger partial charge in [-0.15, -0.1) is 0 Å². The first-order valence-corrected chi connectivity index (χ1v) is 5.58. The van der Waals surface area contributed by atoms with Gasteiger partial charge in [0.05, 0.1) is 11.8 Å². The van der Waals surface area contributed by atoms with Crippen LogP contribution in [0.3, 0.4) is 0 Å². The van der Waals surface area contributed by atoms with Crippen LogP contribution < -0.4 is 5.32 Å². The summed E-state index contributed by atoms with van der Waals surface area (Å²) < 4.78 is 14.9. The predicted molar refractivity (Wildman–Crippen MR) is 65.5 cm³/mol. The molecule has 2 rings (SSSR count). The quantitative estimate of drug-likeness (QED) is 0.899. The van der Waals surface area contributed by atoms with Crippen LogP contribution in [-0.2, 0) is 13.6 Å². The van der Waals surface area contributed by atoms with Crippen LogP contribution in [0.4, 0.5) is 4.39 Å². The molecule has 18 heavy (non-hydrogen) atoms. The second-order valence-electron chi connectivity index (χ2n) is 4.17. The fourth-order valence-electron chi connectivity index (χ4n) is 1.57. The summed E-state index contributed by atoms with van der Waals surface area (Å²) in [5, 5.41) is 6.63. The van der Waals surface area contributed by atoms with Gasteiger partial charge in [-0.1, -0.05) is 12.1 Å². The van der Waals surface area contributed by atoms with Gasteiger partial charge in [-0.3, -0.25) is 9.48 Å². The minimum absolute atomic E-state index is 0.218. The Morgan fingerprint density at radius 1 is 1.50 bits per heavy atom. The molecule has 0 aliphatic heterocycles. The summed E-state index contributed by atoms with van der Waals surface area (Å²) in [4.78, 5) is 11.7. The third kappa shape index (κ3) is 2.74. The number of amides is 1. The second-order valence-corrected chi connectivity index (χ2v) is 4.17. The van der Waals surface area contributed by atoms with E-state index >= 15 is 0 Å². The molecule has 0 atom stereocenters. The molecule has 5 heteroatoms. The number of aromatic nitrogens is 2. The second kappa shape index (κ2) is 5.00. The molecular weight excluding hydrogens is 233 g/mol. The first kappa shape index (κ1) is 12.3. The van der Waals surface area contributed by atoms with E-state index in [0.29, 0.717) is 17.7 Å². The summed E-state index contributed by atoms with van der Waals surface area (Å²) in [6.45, 7) is 2.00. The van der Waals surface area contributed by atoms with Gasteiger partial charge in [-0.2, -0.15) is 5.10 Å². The Morgan fingerprint density at radius 2 is 2.28 bits per heavy atom. The fraction of sp³-hybridized carbons (Fsp3) is 0.231. The number of carbonyl (C=O) groups is 1. The fourth-order valence-corrected chi connectivity index (χ4v) is 1.57. The first-order chi connectivity index (χ1) is 8.56. The lowest BCUT2D eigenvalue weighted by Crippen LogP contribution is -2.22. The van der Waals surface area contributed by atoms with Gasteiger partial charge in [0.2, 0.25) is 0 Å². The van der Waals surface area contributed by atoms with Crippen LogP contribution in [0.15, 0.2) is 30.6 Å². The predicted octanol–water partition coefficient (Wildman–Crippen LogP) is 1.80. The lowest BCUT2D eigenvalue weighted by Gasteiger charge is -2.05. The highest BCUT2D eigenvalue weighted by molar-refractivity contribution is 5.93. The highest BCUT2D eigenvalue weighted by atomic mass is 19.1. The number of nitrogens with zero attached hydrogens (tertiary/aromatic N) is 2. The SMILES string of the molecule is Cc1ccc(CNC(=O)c2cnn(C)c2)cc1F. The zero-order valence-electron chi connectivity index (χ0n) is 10.3. The number of hydrogen-bond acceptors (Lipinski definition) is 2. The van der Waals surface area contributed by atoms with Crippen molar-refractivity contribution in [2.45, 2.75) is 13.5 Å². The molecule has 94 valence electrons. The minimum atomic E-state index is -0.261. The van der Waals surface area contributed by atoms with Crippen molar-refractivity contribution in [2.24, 2.45) is 7.05 Å². The number of hydrogen-bond donors (Lipinski definition) is 1. The van der Waals surface area contributed by atoms with Crippen LogP contribution >= 0.6 is 0 Å². The highest BCUT2D eigenvalue weighted by Crippen LogP contribution is 2.09. The molecule has 4 nitrogen and oxygen atoms in total. The van der Waals surface area contributed by atoms with E-state index < -0.39 is 0 Å². The normalized spacial score (nSPS) is 10.4. The van der Waals surface area contributed by atoms with Crippen molar-refractivity contribution < 1.29 is 9.18 Å². The van der Waals surface area contributed by atoms with E-state index in [2.05, 4.69) is 10.4 Å². The number of benzene rings is 1. The Hall–Kier alpha value is -2.17. The standard InChI is InChI=1S/C13H14FN3O/c1-9-3-4-10(5-12(9)14)6-15-13(18)11-7-16-17(2)8-11/h3-5,7-8H,6H2,1-2H3,(H,15,18). The molecule has 0 saturated heterocycles. The van der Waals surface area contributed by atoms with Crippen molar-refractivity contribution in [3.05, 3.63) is 53.1 Å². The van der Waals surface area contributed by atoms with Gasteiger partial charge in [0.15, 0.2) is 0 Å². The van der Waals surface area contributed by atoms with E-state index in [1.54, 1.807) is 37.0 Å². The van der Waals surface area contributed by atoms with Crippen molar-refractivity contribution in [2.75, 3.05) is 0 Å². The maximum atomic E-state index is 13.3. The van der Waals surface area contributed by atoms with Gasteiger partial charge in [0, 0.05) is 19.8 Å². The van der Waals surface area contributed by atoms with E-state index in [1.807, 2.05) is 0 Å². The summed E-state index contributed by atoms with van der Waals surface area (Å²) in [6, 6.07) is 4.92. The Morgan fingerprint density at radius 3 is 2.89 bits per heavy atom. The lowest BCUT2D eigenvalue weighted by molar-refractivity contribution is 0.0951. The average molecular weight is 247 g/mol. The zero-order valence-corrected chi connectivity index (χ0v) is 10.3. The topological polar surface area (TPSA) is 46.9 Å². The Balaban J connectivity index is 1.99. The zero-order chi connectivity index (χ0) is 13.1. The van der Waals surface area contributed by atoms with E-state index in [1.165, 1.54) is 12.3 Å². The van der Waals surface area contributed by atoms with Crippen LogP contribution in [0.1, 0.15) is 21.5 Å². The van der Waals surface area contributed by atoms with Crippen molar-refractivity contribution >= 4 is 5.91 Å². The molecule has 1 aromatic carbocycles. The van der Waals surface area contributed by atoms with Crippen LogP contribution in [0.5, 0.6) is 0 Å². The number of aryl methyl sites for hydroxylation is 2. The van der Waals surface area contributed by atoms with Crippen LogP contribution in [-0.4, -0.2) is 15.7 Å². The molecule has 0 aliphatic rings. The van der Waals surface area contributed by atoms with Crippen molar-refractivity contribution in [3.8, 4) is 0 Å². The molecule has 1 N–H and O–H groups in total. The van der Waals surface area contributed by atoms with Gasteiger partial charge in [-0.05, 0) is 24.1 Å². The molecule has 0 saturated carbocycles. The molecule has 1 aromatic heterocycles. The number of rotatable bonds is 3. The summed E-state index contributed by atoms with van der Waals surface area (Å²) in [7, 11) is 1.74. The maximum absolute atomic E-state index is 13.3. The van der Waals surface area contributed by atoms with E-state index in [9.17, 15) is 9.18 Å². The van der Waals surface area contributed by atoms with Gasteiger partial charge >= 0.3 is 0 Å². The molecule has 2 aromatic rings. The largest absolute Gasteiger partial charge is 0.348 e. The van der Waals surface area contributed by atoms with Gasteiger partial charge in [-0.25, -0.2) is 4.39 Å². The monoisotopic (exact) mass is 247 g/mol. The van der Waals surface area contributed by atoms with Crippen LogP contribution in [0.25, 0.3) is 0 Å². The third-order valence-electron chi connectivity index (χ3n) is 2.66. The van der Waals surface area contributed by atoms with Crippen molar-refractivity contribution in [3.63, 3.8) is 0 Å². The minimum Gasteiger partial charge on any atom is -0.348 e. The smallest absolute Gasteiger partial charge is 0.254 e. The summed E-state index contributed by atoms with van der Waals surface area (Å²) >= 11 is 0. The molecule has 1 amide bonds. The highest BCUT2D eigenvalue weighted by Gasteiger charge is 2.07. The van der Waals surface area contributed by atoms with Crippen LogP contribution in [0.2, 0.25) is 0 Å². The van der Waals surface area contributed by atoms with Gasteiger partial charge in [0.25, 0.3) is 5.91 Å². The molecule has 0 spiro atoms. The molecule has 0 fully saturated rings.